The van der Waals surface area contributed by atoms with Crippen LogP contribution in [0.2, 0.25) is 0 Å². The van der Waals surface area contributed by atoms with E-state index in [4.69, 9.17) is 14.7 Å². The number of nitrogens with two attached hydrogens (primary N) is 1. The Morgan fingerprint density at radius 3 is 2.62 bits per heavy atom. The van der Waals surface area contributed by atoms with E-state index < -0.39 is 0 Å². The molecule has 0 fully saturated rings. The number of hydrogen-bond acceptors (Lipinski definition) is 3. The van der Waals surface area contributed by atoms with Gasteiger partial charge in [0.2, 0.25) is 0 Å². The summed E-state index contributed by atoms with van der Waals surface area (Å²) in [5.41, 5.74) is 2.49. The van der Waals surface area contributed by atoms with Crippen LogP contribution in [-0.2, 0) is 6.54 Å². The van der Waals surface area contributed by atoms with Crippen molar-refractivity contribution in [3.63, 3.8) is 0 Å². The highest BCUT2D eigenvalue weighted by atomic mass is 127. The lowest BCUT2D eigenvalue weighted by Gasteiger charge is -2.15. The lowest BCUT2D eigenvalue weighted by molar-refractivity contribution is -0.707. The summed E-state index contributed by atoms with van der Waals surface area (Å²) in [6, 6.07) is 16.9. The molecule has 0 unspecified atom stereocenters. The molecule has 0 aromatic heterocycles. The average molecular weight is 437 g/mol. The molecule has 0 aliphatic heterocycles. The molecule has 0 saturated heterocycles. The van der Waals surface area contributed by atoms with Crippen LogP contribution in [0.15, 0.2) is 42.5 Å². The first kappa shape index (κ1) is 18.6. The molecule has 5 heteroatoms. The molecule has 0 amide bonds. The van der Waals surface area contributed by atoms with Crippen LogP contribution in [-0.4, -0.2) is 13.2 Å². The molecule has 2 N–H and O–H groups in total. The van der Waals surface area contributed by atoms with Gasteiger partial charge >= 0.3 is 0 Å². The van der Waals surface area contributed by atoms with Gasteiger partial charge in [-0.3, -0.25) is 0 Å². The highest BCUT2D eigenvalue weighted by Gasteiger charge is 2.14. The van der Waals surface area contributed by atoms with E-state index in [1.807, 2.05) is 25.1 Å². The summed E-state index contributed by atoms with van der Waals surface area (Å²) in [7, 11) is 0. The summed E-state index contributed by atoms with van der Waals surface area (Å²) in [6.07, 6.45) is 0. The molecule has 4 nitrogen and oxygen atoms in total. The minimum Gasteiger partial charge on any atom is -0.490 e. The van der Waals surface area contributed by atoms with Gasteiger partial charge in [0.25, 0.3) is 0 Å². The fourth-order valence-corrected chi connectivity index (χ4v) is 3.27. The molecule has 1 atom stereocenters. The zero-order valence-electron chi connectivity index (χ0n) is 14.0. The van der Waals surface area contributed by atoms with Crippen molar-refractivity contribution in [2.75, 3.05) is 13.2 Å². The Kier molecular flexibility index (Phi) is 7.35. The predicted octanol–water partition coefficient (Wildman–Crippen LogP) is 3.42. The molecular weight excluding hydrogens is 415 g/mol. The highest BCUT2D eigenvalue weighted by Crippen LogP contribution is 2.34. The number of benzene rings is 2. The van der Waals surface area contributed by atoms with E-state index in [2.05, 4.69) is 65.2 Å². The molecule has 126 valence electrons. The molecule has 0 radical (unpaired) electrons. The Morgan fingerprint density at radius 2 is 1.96 bits per heavy atom. The van der Waals surface area contributed by atoms with Gasteiger partial charge in [-0.2, -0.15) is 5.26 Å². The summed E-state index contributed by atoms with van der Waals surface area (Å²) < 4.78 is 12.2. The second-order valence-electron chi connectivity index (χ2n) is 5.42. The number of hydrogen-bond donors (Lipinski definition) is 1. The van der Waals surface area contributed by atoms with E-state index in [9.17, 15) is 0 Å². The Hall–Kier alpha value is -1.78. The number of halogens is 1. The van der Waals surface area contributed by atoms with Gasteiger partial charge in [0, 0.05) is 11.1 Å². The molecule has 0 bridgehead atoms. The maximum Gasteiger partial charge on any atom is 0.176 e. The van der Waals surface area contributed by atoms with Gasteiger partial charge < -0.3 is 14.8 Å². The molecule has 2 rings (SSSR count). The van der Waals surface area contributed by atoms with Crippen molar-refractivity contribution in [2.45, 2.75) is 26.4 Å². The molecule has 0 aliphatic rings. The first-order chi connectivity index (χ1) is 11.7. The van der Waals surface area contributed by atoms with E-state index in [-0.39, 0.29) is 6.61 Å². The van der Waals surface area contributed by atoms with Crippen LogP contribution >= 0.6 is 22.6 Å². The number of nitrogens with zero attached hydrogens (tertiary/aromatic N) is 1. The first-order valence-corrected chi connectivity index (χ1v) is 9.06. The average Bonchev–Trinajstić information content (AvgIpc) is 2.60. The quantitative estimate of drug-likeness (QED) is 0.644. The standard InChI is InChI=1S/C19H21IN2O2/c1-3-23-18-12-15(11-17(20)19(18)24-10-9-21)13-22-14(2)16-7-5-4-6-8-16/h4-8,11-12,14,22H,3,10,13H2,1-2H3/p+1/t14-/m1/s1. The van der Waals surface area contributed by atoms with Gasteiger partial charge in [-0.05, 0) is 48.6 Å². The Labute approximate surface area is 156 Å². The molecule has 24 heavy (non-hydrogen) atoms. The van der Waals surface area contributed by atoms with Crippen molar-refractivity contribution in [3.8, 4) is 17.6 Å². The Bertz CT molecular complexity index is 699. The molecule has 0 aliphatic carbocycles. The molecule has 0 saturated carbocycles. The van der Waals surface area contributed by atoms with Crippen molar-refractivity contribution in [1.29, 1.82) is 5.26 Å². The van der Waals surface area contributed by atoms with Crippen LogP contribution < -0.4 is 14.8 Å². The minimum absolute atomic E-state index is 0.0204. The third-order valence-electron chi connectivity index (χ3n) is 3.68. The molecular formula is C19H22IN2O2+. The maximum absolute atomic E-state index is 8.72. The number of nitriles is 1. The monoisotopic (exact) mass is 437 g/mol. The van der Waals surface area contributed by atoms with Crippen LogP contribution in [0.4, 0.5) is 0 Å². The lowest BCUT2D eigenvalue weighted by Crippen LogP contribution is -2.83. The van der Waals surface area contributed by atoms with Crippen molar-refractivity contribution < 1.29 is 14.8 Å². The topological polar surface area (TPSA) is 58.9 Å². The van der Waals surface area contributed by atoms with Gasteiger partial charge in [-0.15, -0.1) is 0 Å². The van der Waals surface area contributed by atoms with Gasteiger partial charge in [0.15, 0.2) is 18.1 Å². The fraction of sp³-hybridized carbons (Fsp3) is 0.316. The zero-order chi connectivity index (χ0) is 17.4. The van der Waals surface area contributed by atoms with Crippen LogP contribution in [0.3, 0.4) is 0 Å². The summed E-state index contributed by atoms with van der Waals surface area (Å²) in [4.78, 5) is 0. The number of ether oxygens (including phenoxy) is 2. The lowest BCUT2D eigenvalue weighted by atomic mass is 10.1. The molecule has 2 aromatic carbocycles. The SMILES string of the molecule is CCOc1cc(C[NH2+][C@H](C)c2ccccc2)cc(I)c1OCC#N. The first-order valence-electron chi connectivity index (χ1n) is 7.99. The van der Waals surface area contributed by atoms with Crippen LogP contribution in [0.1, 0.15) is 31.0 Å². The van der Waals surface area contributed by atoms with E-state index in [0.29, 0.717) is 24.1 Å². The largest absolute Gasteiger partial charge is 0.490 e. The second-order valence-corrected chi connectivity index (χ2v) is 6.59. The number of quaternary nitrogens is 1. The number of rotatable bonds is 8. The normalized spacial score (nSPS) is 11.6. The third kappa shape index (κ3) is 5.11. The van der Waals surface area contributed by atoms with Crippen LogP contribution in [0, 0.1) is 14.9 Å². The van der Waals surface area contributed by atoms with E-state index in [1.54, 1.807) is 0 Å². The Morgan fingerprint density at radius 1 is 1.21 bits per heavy atom. The summed E-state index contributed by atoms with van der Waals surface area (Å²) in [5, 5.41) is 11.0. The molecule has 2 aromatic rings. The highest BCUT2D eigenvalue weighted by molar-refractivity contribution is 14.1. The third-order valence-corrected chi connectivity index (χ3v) is 4.48. The van der Waals surface area contributed by atoms with Crippen molar-refractivity contribution in [2.24, 2.45) is 0 Å². The van der Waals surface area contributed by atoms with Gasteiger partial charge in [0.1, 0.15) is 18.7 Å². The van der Waals surface area contributed by atoms with Gasteiger partial charge in [-0.25, -0.2) is 0 Å². The van der Waals surface area contributed by atoms with Crippen molar-refractivity contribution in [3.05, 3.63) is 57.2 Å². The molecule has 0 spiro atoms. The van der Waals surface area contributed by atoms with E-state index >= 15 is 0 Å². The molecule has 0 heterocycles. The van der Waals surface area contributed by atoms with Crippen molar-refractivity contribution in [1.82, 2.24) is 0 Å². The van der Waals surface area contributed by atoms with Gasteiger partial charge in [-0.1, -0.05) is 30.3 Å². The fourth-order valence-electron chi connectivity index (χ4n) is 2.45. The summed E-state index contributed by atoms with van der Waals surface area (Å²) in [6.45, 7) is 5.58. The smallest absolute Gasteiger partial charge is 0.176 e. The Balaban J connectivity index is 2.11. The maximum atomic E-state index is 8.72. The predicted molar refractivity (Wildman–Crippen MR) is 102 cm³/mol. The van der Waals surface area contributed by atoms with Crippen molar-refractivity contribution >= 4 is 22.6 Å². The second kappa shape index (κ2) is 9.50. The zero-order valence-corrected chi connectivity index (χ0v) is 16.1. The van der Waals surface area contributed by atoms with Crippen LogP contribution in [0.5, 0.6) is 11.5 Å². The van der Waals surface area contributed by atoms with E-state index in [1.165, 1.54) is 11.1 Å². The van der Waals surface area contributed by atoms with Gasteiger partial charge in [0.05, 0.1) is 10.2 Å². The minimum atomic E-state index is 0.0204. The summed E-state index contributed by atoms with van der Waals surface area (Å²) >= 11 is 2.23. The van der Waals surface area contributed by atoms with Crippen LogP contribution in [0.25, 0.3) is 0 Å². The summed E-state index contributed by atoms with van der Waals surface area (Å²) in [5.74, 6) is 1.36. The van der Waals surface area contributed by atoms with E-state index in [0.717, 1.165) is 10.1 Å².